The number of nitrogens with zero attached hydrogens (tertiary/aromatic N) is 1. The van der Waals surface area contributed by atoms with Crippen LogP contribution < -0.4 is 15.4 Å². The first-order valence-corrected chi connectivity index (χ1v) is 10.9. The number of anilines is 2. The lowest BCUT2D eigenvalue weighted by Gasteiger charge is -2.16. The Balaban J connectivity index is 1.49. The topological polar surface area (TPSA) is 66.0 Å². The molecule has 1 aromatic heterocycles. The molecule has 1 unspecified atom stereocenters. The van der Waals surface area contributed by atoms with Gasteiger partial charge in [0.05, 0.1) is 5.56 Å². The average molecular weight is 435 g/mol. The molecule has 1 aliphatic carbocycles. The van der Waals surface area contributed by atoms with Crippen molar-refractivity contribution in [2.45, 2.75) is 23.8 Å². The lowest BCUT2D eigenvalue weighted by molar-refractivity contribution is 0.0958. The van der Waals surface area contributed by atoms with E-state index in [0.29, 0.717) is 17.9 Å². The van der Waals surface area contributed by atoms with E-state index in [0.717, 1.165) is 23.4 Å². The first kappa shape index (κ1) is 21.1. The average Bonchev–Trinajstić information content (AvgIpc) is 3.20. The third kappa shape index (κ3) is 5.13. The zero-order valence-corrected chi connectivity index (χ0v) is 17.7. The molecule has 1 heterocycles. The van der Waals surface area contributed by atoms with Crippen molar-refractivity contribution < 1.29 is 9.18 Å². The second-order valence-electron chi connectivity index (χ2n) is 7.20. The predicted octanol–water partition coefficient (Wildman–Crippen LogP) is 5.16. The number of hydrogen-bond acceptors (Lipinski definition) is 5. The van der Waals surface area contributed by atoms with E-state index in [4.69, 9.17) is 0 Å². The van der Waals surface area contributed by atoms with Gasteiger partial charge in [0, 0.05) is 29.4 Å². The largest absolute Gasteiger partial charge is 0.348 e. The molecular weight excluding hydrogens is 411 g/mol. The van der Waals surface area contributed by atoms with Gasteiger partial charge in [-0.05, 0) is 84.4 Å². The SMILES string of the molecule is C=CCNC(=O)c1cccnc1Nc1ccc2c(c1)C(NSc1ccc(F)cc1)CC2. The van der Waals surface area contributed by atoms with Gasteiger partial charge in [0.2, 0.25) is 0 Å². The molecule has 3 aromatic rings. The van der Waals surface area contributed by atoms with Crippen LogP contribution in [0.2, 0.25) is 0 Å². The van der Waals surface area contributed by atoms with Gasteiger partial charge in [-0.1, -0.05) is 12.1 Å². The third-order valence-electron chi connectivity index (χ3n) is 5.08. The molecule has 0 fully saturated rings. The molecule has 5 nitrogen and oxygen atoms in total. The smallest absolute Gasteiger partial charge is 0.255 e. The highest BCUT2D eigenvalue weighted by atomic mass is 32.2. The molecule has 1 amide bonds. The molecule has 1 aliphatic rings. The Labute approximate surface area is 185 Å². The predicted molar refractivity (Wildman–Crippen MR) is 123 cm³/mol. The Hall–Kier alpha value is -3.16. The van der Waals surface area contributed by atoms with Gasteiger partial charge in [0.25, 0.3) is 5.91 Å². The van der Waals surface area contributed by atoms with Gasteiger partial charge in [-0.3, -0.25) is 9.52 Å². The van der Waals surface area contributed by atoms with E-state index in [1.54, 1.807) is 36.5 Å². The van der Waals surface area contributed by atoms with E-state index in [9.17, 15) is 9.18 Å². The Kier molecular flexibility index (Phi) is 6.64. The maximum atomic E-state index is 13.1. The summed E-state index contributed by atoms with van der Waals surface area (Å²) in [5.74, 6) is 0.0671. The molecule has 0 radical (unpaired) electrons. The Morgan fingerprint density at radius 2 is 2.06 bits per heavy atom. The minimum Gasteiger partial charge on any atom is -0.348 e. The van der Waals surface area contributed by atoms with Crippen molar-refractivity contribution >= 4 is 29.4 Å². The summed E-state index contributed by atoms with van der Waals surface area (Å²) in [4.78, 5) is 17.7. The number of halogens is 1. The van der Waals surface area contributed by atoms with Crippen LogP contribution in [-0.2, 0) is 6.42 Å². The summed E-state index contributed by atoms with van der Waals surface area (Å²) in [6, 6.07) is 16.3. The molecule has 4 rings (SSSR count). The van der Waals surface area contributed by atoms with Gasteiger partial charge >= 0.3 is 0 Å². The Bertz CT molecular complexity index is 1090. The zero-order chi connectivity index (χ0) is 21.6. The van der Waals surface area contributed by atoms with Gasteiger partial charge in [0.15, 0.2) is 0 Å². The van der Waals surface area contributed by atoms with Crippen molar-refractivity contribution in [1.82, 2.24) is 15.0 Å². The van der Waals surface area contributed by atoms with E-state index in [-0.39, 0.29) is 17.8 Å². The number of fused-ring (bicyclic) bond motifs is 1. The number of aromatic nitrogens is 1. The van der Waals surface area contributed by atoms with Crippen LogP contribution in [0, 0.1) is 5.82 Å². The van der Waals surface area contributed by atoms with Crippen molar-refractivity contribution in [1.29, 1.82) is 0 Å². The maximum absolute atomic E-state index is 13.1. The van der Waals surface area contributed by atoms with Crippen LogP contribution in [0.5, 0.6) is 0 Å². The van der Waals surface area contributed by atoms with Crippen LogP contribution in [0.25, 0.3) is 0 Å². The second-order valence-corrected chi connectivity index (χ2v) is 8.11. The first-order chi connectivity index (χ1) is 15.1. The maximum Gasteiger partial charge on any atom is 0.255 e. The van der Waals surface area contributed by atoms with Crippen LogP contribution in [0.3, 0.4) is 0 Å². The van der Waals surface area contributed by atoms with Crippen molar-refractivity contribution in [2.75, 3.05) is 11.9 Å². The fourth-order valence-corrected chi connectivity index (χ4v) is 4.32. The number of carbonyl (C=O) groups is 1. The lowest BCUT2D eigenvalue weighted by atomic mass is 10.1. The molecule has 0 saturated heterocycles. The van der Waals surface area contributed by atoms with Gasteiger partial charge < -0.3 is 10.6 Å². The second kappa shape index (κ2) is 9.76. The van der Waals surface area contributed by atoms with Crippen LogP contribution in [-0.4, -0.2) is 17.4 Å². The van der Waals surface area contributed by atoms with Crippen LogP contribution in [0.15, 0.2) is 78.3 Å². The Morgan fingerprint density at radius 3 is 2.87 bits per heavy atom. The number of hydrogen-bond donors (Lipinski definition) is 3. The van der Waals surface area contributed by atoms with Crippen molar-refractivity contribution in [3.63, 3.8) is 0 Å². The minimum atomic E-state index is -0.238. The van der Waals surface area contributed by atoms with Gasteiger partial charge in [-0.15, -0.1) is 6.58 Å². The van der Waals surface area contributed by atoms with E-state index >= 15 is 0 Å². The van der Waals surface area contributed by atoms with E-state index < -0.39 is 0 Å². The normalized spacial score (nSPS) is 14.7. The monoisotopic (exact) mass is 434 g/mol. The van der Waals surface area contributed by atoms with Crippen LogP contribution >= 0.6 is 11.9 Å². The van der Waals surface area contributed by atoms with Gasteiger partial charge in [0.1, 0.15) is 11.6 Å². The standard InChI is InChI=1S/C24H23FN4OS/c1-2-13-27-24(30)20-4-3-14-26-23(20)28-18-9-5-16-6-12-22(21(16)15-18)29-31-19-10-7-17(25)8-11-19/h2-5,7-11,14-15,22,29H,1,6,12-13H2,(H,26,28)(H,27,30). The summed E-state index contributed by atoms with van der Waals surface area (Å²) < 4.78 is 16.6. The van der Waals surface area contributed by atoms with Crippen molar-refractivity contribution in [3.05, 3.63) is 96.0 Å². The summed E-state index contributed by atoms with van der Waals surface area (Å²) in [6.07, 6.45) is 5.28. The van der Waals surface area contributed by atoms with Crippen LogP contribution in [0.1, 0.15) is 33.9 Å². The number of carbonyl (C=O) groups excluding carboxylic acids is 1. The number of nitrogens with one attached hydrogen (secondary N) is 3. The van der Waals surface area contributed by atoms with Gasteiger partial charge in [-0.25, -0.2) is 9.37 Å². The molecule has 0 aliphatic heterocycles. The summed E-state index contributed by atoms with van der Waals surface area (Å²) in [7, 11) is 0. The molecule has 31 heavy (non-hydrogen) atoms. The van der Waals surface area contributed by atoms with E-state index in [1.807, 2.05) is 6.07 Å². The molecule has 7 heteroatoms. The molecule has 0 saturated carbocycles. The summed E-state index contributed by atoms with van der Waals surface area (Å²) in [6.45, 7) is 4.02. The quantitative estimate of drug-likeness (QED) is 0.337. The number of amides is 1. The summed E-state index contributed by atoms with van der Waals surface area (Å²) in [5, 5.41) is 6.07. The summed E-state index contributed by atoms with van der Waals surface area (Å²) >= 11 is 1.50. The molecular formula is C24H23FN4OS. The Morgan fingerprint density at radius 1 is 1.23 bits per heavy atom. The molecule has 0 spiro atoms. The van der Waals surface area contributed by atoms with Gasteiger partial charge in [-0.2, -0.15) is 0 Å². The molecule has 158 valence electrons. The fourth-order valence-electron chi connectivity index (χ4n) is 3.53. The van der Waals surface area contributed by atoms with E-state index in [2.05, 4.69) is 39.1 Å². The highest BCUT2D eigenvalue weighted by Crippen LogP contribution is 2.36. The zero-order valence-electron chi connectivity index (χ0n) is 16.9. The van der Waals surface area contributed by atoms with Crippen molar-refractivity contribution in [2.24, 2.45) is 0 Å². The van der Waals surface area contributed by atoms with E-state index in [1.165, 1.54) is 35.2 Å². The third-order valence-corrected chi connectivity index (χ3v) is 5.99. The lowest BCUT2D eigenvalue weighted by Crippen LogP contribution is -2.24. The highest BCUT2D eigenvalue weighted by Gasteiger charge is 2.23. The van der Waals surface area contributed by atoms with Crippen molar-refractivity contribution in [3.8, 4) is 0 Å². The fraction of sp³-hybridized carbons (Fsp3) is 0.167. The molecule has 3 N–H and O–H groups in total. The molecule has 1 atom stereocenters. The molecule has 2 aromatic carbocycles. The summed E-state index contributed by atoms with van der Waals surface area (Å²) in [5.41, 5.74) is 3.86. The first-order valence-electron chi connectivity index (χ1n) is 10.1. The number of benzene rings is 2. The number of pyridine rings is 1. The number of aryl methyl sites for hydroxylation is 1. The number of rotatable bonds is 8. The highest BCUT2D eigenvalue weighted by molar-refractivity contribution is 7.97. The van der Waals surface area contributed by atoms with Crippen LogP contribution in [0.4, 0.5) is 15.9 Å². The minimum absolute atomic E-state index is 0.186. The molecule has 0 bridgehead atoms.